The Morgan fingerprint density at radius 1 is 1.47 bits per heavy atom. The highest BCUT2D eigenvalue weighted by molar-refractivity contribution is 5.82. The minimum Gasteiger partial charge on any atom is -0.480 e. The number of hydrogen-bond acceptors (Lipinski definition) is 2. The standard InChI is InChI=1S/C14H24N2O3/c1-3-6-12(13(17)18)16-14(19)15-11-8-5-7-10(4-2)9-11/h3,10-12H,1,4-9H2,2H3,(H,17,18)(H2,15,16,19). The highest BCUT2D eigenvalue weighted by Gasteiger charge is 2.24. The Morgan fingerprint density at radius 3 is 2.79 bits per heavy atom. The van der Waals surface area contributed by atoms with Crippen LogP contribution >= 0.6 is 0 Å². The summed E-state index contributed by atoms with van der Waals surface area (Å²) in [5.41, 5.74) is 0. The van der Waals surface area contributed by atoms with Crippen molar-refractivity contribution >= 4 is 12.0 Å². The van der Waals surface area contributed by atoms with Gasteiger partial charge in [0, 0.05) is 6.04 Å². The van der Waals surface area contributed by atoms with Gasteiger partial charge in [-0.3, -0.25) is 0 Å². The van der Waals surface area contributed by atoms with Gasteiger partial charge in [-0.2, -0.15) is 0 Å². The fraction of sp³-hybridized carbons (Fsp3) is 0.714. The van der Waals surface area contributed by atoms with Gasteiger partial charge in [0.2, 0.25) is 0 Å². The van der Waals surface area contributed by atoms with E-state index in [1.807, 2.05) is 0 Å². The van der Waals surface area contributed by atoms with Crippen molar-refractivity contribution in [2.75, 3.05) is 0 Å². The number of hydrogen-bond donors (Lipinski definition) is 3. The third-order valence-electron chi connectivity index (χ3n) is 3.70. The van der Waals surface area contributed by atoms with Crippen LogP contribution in [0.5, 0.6) is 0 Å². The van der Waals surface area contributed by atoms with Crippen LogP contribution in [-0.2, 0) is 4.79 Å². The van der Waals surface area contributed by atoms with Crippen LogP contribution in [0, 0.1) is 5.92 Å². The van der Waals surface area contributed by atoms with Crippen LogP contribution in [0.25, 0.3) is 0 Å². The molecule has 2 amide bonds. The SMILES string of the molecule is C=CCC(NC(=O)NC1CCCC(CC)C1)C(=O)O. The first-order valence-corrected chi connectivity index (χ1v) is 6.97. The van der Waals surface area contributed by atoms with Gasteiger partial charge in [0.1, 0.15) is 6.04 Å². The Hall–Kier alpha value is -1.52. The summed E-state index contributed by atoms with van der Waals surface area (Å²) >= 11 is 0. The van der Waals surface area contributed by atoms with Gasteiger partial charge in [-0.15, -0.1) is 6.58 Å². The monoisotopic (exact) mass is 268 g/mol. The van der Waals surface area contributed by atoms with Crippen LogP contribution in [0.15, 0.2) is 12.7 Å². The van der Waals surface area contributed by atoms with Gasteiger partial charge in [-0.05, 0) is 25.2 Å². The topological polar surface area (TPSA) is 78.4 Å². The van der Waals surface area contributed by atoms with Gasteiger partial charge in [-0.25, -0.2) is 9.59 Å². The molecule has 0 spiro atoms. The molecule has 0 aromatic rings. The van der Waals surface area contributed by atoms with Gasteiger partial charge >= 0.3 is 12.0 Å². The number of nitrogens with one attached hydrogen (secondary N) is 2. The van der Waals surface area contributed by atoms with E-state index in [2.05, 4.69) is 24.1 Å². The van der Waals surface area contributed by atoms with Crippen molar-refractivity contribution in [1.29, 1.82) is 0 Å². The zero-order valence-corrected chi connectivity index (χ0v) is 11.5. The Bertz CT molecular complexity index is 331. The van der Waals surface area contributed by atoms with E-state index >= 15 is 0 Å². The van der Waals surface area contributed by atoms with Crippen molar-refractivity contribution in [2.45, 2.75) is 57.5 Å². The Morgan fingerprint density at radius 2 is 2.21 bits per heavy atom. The van der Waals surface area contributed by atoms with Gasteiger partial charge in [0.25, 0.3) is 0 Å². The van der Waals surface area contributed by atoms with Crippen molar-refractivity contribution in [2.24, 2.45) is 5.92 Å². The van der Waals surface area contributed by atoms with Crippen LogP contribution in [0.2, 0.25) is 0 Å². The number of aliphatic carboxylic acids is 1. The predicted molar refractivity (Wildman–Crippen MR) is 73.9 cm³/mol. The zero-order valence-electron chi connectivity index (χ0n) is 11.5. The molecule has 1 saturated carbocycles. The maximum atomic E-state index is 11.8. The van der Waals surface area contributed by atoms with E-state index in [0.29, 0.717) is 5.92 Å². The maximum Gasteiger partial charge on any atom is 0.326 e. The number of carboxylic acid groups (broad SMARTS) is 1. The molecule has 3 unspecified atom stereocenters. The average Bonchev–Trinajstić information content (AvgIpc) is 2.38. The molecule has 0 bridgehead atoms. The van der Waals surface area contributed by atoms with Crippen molar-refractivity contribution < 1.29 is 14.7 Å². The lowest BCUT2D eigenvalue weighted by Gasteiger charge is -2.29. The van der Waals surface area contributed by atoms with Gasteiger partial charge in [0.15, 0.2) is 0 Å². The fourth-order valence-corrected chi connectivity index (χ4v) is 2.57. The van der Waals surface area contributed by atoms with Gasteiger partial charge in [-0.1, -0.05) is 32.3 Å². The number of carbonyl (C=O) groups is 2. The van der Waals surface area contributed by atoms with Crippen LogP contribution in [-0.4, -0.2) is 29.2 Å². The van der Waals surface area contributed by atoms with Crippen molar-refractivity contribution in [3.63, 3.8) is 0 Å². The summed E-state index contributed by atoms with van der Waals surface area (Å²) in [4.78, 5) is 22.7. The lowest BCUT2D eigenvalue weighted by molar-refractivity contribution is -0.139. The molecule has 0 heterocycles. The van der Waals surface area contributed by atoms with Crippen LogP contribution in [0.4, 0.5) is 4.79 Å². The van der Waals surface area contributed by atoms with Crippen LogP contribution < -0.4 is 10.6 Å². The summed E-state index contributed by atoms with van der Waals surface area (Å²) in [5.74, 6) is -0.368. The zero-order chi connectivity index (χ0) is 14.3. The summed E-state index contributed by atoms with van der Waals surface area (Å²) < 4.78 is 0. The highest BCUT2D eigenvalue weighted by atomic mass is 16.4. The molecule has 1 fully saturated rings. The molecule has 19 heavy (non-hydrogen) atoms. The third-order valence-corrected chi connectivity index (χ3v) is 3.70. The lowest BCUT2D eigenvalue weighted by atomic mass is 9.84. The summed E-state index contributed by atoms with van der Waals surface area (Å²) in [5, 5.41) is 14.3. The van der Waals surface area contributed by atoms with E-state index in [-0.39, 0.29) is 12.5 Å². The van der Waals surface area contributed by atoms with Gasteiger partial charge in [0.05, 0.1) is 0 Å². The normalized spacial score (nSPS) is 24.3. The number of carboxylic acids is 1. The first-order chi connectivity index (χ1) is 9.06. The summed E-state index contributed by atoms with van der Waals surface area (Å²) in [7, 11) is 0. The van der Waals surface area contributed by atoms with Crippen LogP contribution in [0.1, 0.15) is 45.4 Å². The molecular formula is C14H24N2O3. The smallest absolute Gasteiger partial charge is 0.326 e. The first-order valence-electron chi connectivity index (χ1n) is 6.97. The molecule has 0 aromatic carbocycles. The molecule has 1 aliphatic carbocycles. The number of rotatable bonds is 6. The van der Waals surface area contributed by atoms with Crippen LogP contribution in [0.3, 0.4) is 0 Å². The van der Waals surface area contributed by atoms with Crippen molar-refractivity contribution in [3.05, 3.63) is 12.7 Å². The molecule has 5 heteroatoms. The molecule has 1 aliphatic rings. The summed E-state index contributed by atoms with van der Waals surface area (Å²) in [6.07, 6.45) is 7.17. The largest absolute Gasteiger partial charge is 0.480 e. The van der Waals surface area contributed by atoms with E-state index in [1.165, 1.54) is 12.5 Å². The van der Waals surface area contributed by atoms with E-state index in [1.54, 1.807) is 0 Å². The molecule has 3 N–H and O–H groups in total. The Balaban J connectivity index is 2.41. The fourth-order valence-electron chi connectivity index (χ4n) is 2.57. The lowest BCUT2D eigenvalue weighted by Crippen LogP contribution is -2.49. The van der Waals surface area contributed by atoms with E-state index < -0.39 is 18.0 Å². The first kappa shape index (κ1) is 15.5. The average molecular weight is 268 g/mol. The molecule has 108 valence electrons. The molecule has 0 radical (unpaired) electrons. The number of urea groups is 1. The van der Waals surface area contributed by atoms with Crippen molar-refractivity contribution in [3.8, 4) is 0 Å². The second-order valence-corrected chi connectivity index (χ2v) is 5.17. The molecule has 0 saturated heterocycles. The summed E-state index contributed by atoms with van der Waals surface area (Å²) in [6, 6.07) is -1.13. The number of amides is 2. The molecule has 0 aliphatic heterocycles. The minimum absolute atomic E-state index is 0.164. The number of carbonyl (C=O) groups excluding carboxylic acids is 1. The minimum atomic E-state index is -1.04. The van der Waals surface area contributed by atoms with E-state index in [4.69, 9.17) is 5.11 Å². The Labute approximate surface area is 114 Å². The quantitative estimate of drug-likeness (QED) is 0.647. The van der Waals surface area contributed by atoms with Gasteiger partial charge < -0.3 is 15.7 Å². The second-order valence-electron chi connectivity index (χ2n) is 5.17. The maximum absolute atomic E-state index is 11.8. The molecule has 3 atom stereocenters. The summed E-state index contributed by atoms with van der Waals surface area (Å²) in [6.45, 7) is 5.66. The van der Waals surface area contributed by atoms with E-state index in [9.17, 15) is 9.59 Å². The van der Waals surface area contributed by atoms with E-state index in [0.717, 1.165) is 25.7 Å². The highest BCUT2D eigenvalue weighted by Crippen LogP contribution is 2.26. The predicted octanol–water partition coefficient (Wildman–Crippen LogP) is 2.28. The third kappa shape index (κ3) is 5.32. The molecular weight excluding hydrogens is 244 g/mol. The second kappa shape index (κ2) is 7.81. The Kier molecular flexibility index (Phi) is 6.39. The van der Waals surface area contributed by atoms with Crippen molar-refractivity contribution in [1.82, 2.24) is 10.6 Å². The molecule has 1 rings (SSSR count). The molecule has 0 aromatic heterocycles. The molecule has 5 nitrogen and oxygen atoms in total.